The molecule has 0 fully saturated rings. The van der Waals surface area contributed by atoms with Crippen molar-refractivity contribution in [3.63, 3.8) is 0 Å². The van der Waals surface area contributed by atoms with Crippen LogP contribution >= 0.6 is 0 Å². The summed E-state index contributed by atoms with van der Waals surface area (Å²) in [7, 11) is 3.91. The van der Waals surface area contributed by atoms with E-state index in [0.29, 0.717) is 12.3 Å². The summed E-state index contributed by atoms with van der Waals surface area (Å²) in [5.74, 6) is -0.283. The molecule has 0 spiro atoms. The van der Waals surface area contributed by atoms with E-state index in [-0.39, 0.29) is 25.0 Å². The number of nitrogens with one attached hydrogen (secondary N) is 1. The number of amides is 1. The number of hydrogen-bond acceptors (Lipinski definition) is 7. The summed E-state index contributed by atoms with van der Waals surface area (Å²) in [6, 6.07) is 9.32. The average molecular weight is 347 g/mol. The van der Waals surface area contributed by atoms with Crippen LogP contribution < -0.4 is 15.0 Å². The van der Waals surface area contributed by atoms with Gasteiger partial charge in [-0.25, -0.2) is 4.79 Å². The van der Waals surface area contributed by atoms with E-state index in [4.69, 9.17) is 14.0 Å². The summed E-state index contributed by atoms with van der Waals surface area (Å²) in [6.45, 7) is 1.36. The molecule has 0 saturated carbocycles. The number of ether oxygens (including phenoxy) is 2. The first-order valence-corrected chi connectivity index (χ1v) is 7.69. The van der Waals surface area contributed by atoms with Gasteiger partial charge in [-0.3, -0.25) is 4.79 Å². The van der Waals surface area contributed by atoms with Gasteiger partial charge in [-0.2, -0.15) is 0 Å². The Morgan fingerprint density at radius 3 is 2.52 bits per heavy atom. The van der Waals surface area contributed by atoms with Gasteiger partial charge in [0.2, 0.25) is 0 Å². The molecule has 0 radical (unpaired) electrons. The van der Waals surface area contributed by atoms with E-state index in [0.717, 1.165) is 11.3 Å². The highest BCUT2D eigenvalue weighted by atomic mass is 16.6. The molecule has 0 unspecified atom stereocenters. The first-order valence-electron chi connectivity index (χ1n) is 7.69. The number of rotatable bonds is 8. The molecule has 0 bridgehead atoms. The summed E-state index contributed by atoms with van der Waals surface area (Å²) < 4.78 is 14.7. The largest absolute Gasteiger partial charge is 0.463 e. The Bertz CT molecular complexity index is 709. The van der Waals surface area contributed by atoms with Crippen molar-refractivity contribution in [2.45, 2.75) is 13.5 Å². The molecule has 1 heterocycles. The molecule has 2 rings (SSSR count). The molecule has 134 valence electrons. The van der Waals surface area contributed by atoms with Gasteiger partial charge in [0.25, 0.3) is 11.8 Å². The minimum atomic E-state index is -0.661. The van der Waals surface area contributed by atoms with E-state index < -0.39 is 5.97 Å². The van der Waals surface area contributed by atoms with E-state index in [9.17, 15) is 9.59 Å². The summed E-state index contributed by atoms with van der Waals surface area (Å²) in [5, 5.41) is 6.26. The van der Waals surface area contributed by atoms with Gasteiger partial charge in [-0.15, -0.1) is 0 Å². The second kappa shape index (κ2) is 8.72. The number of carbonyl (C=O) groups is 2. The second-order valence-corrected chi connectivity index (χ2v) is 5.56. The van der Waals surface area contributed by atoms with E-state index in [1.165, 1.54) is 0 Å². The Morgan fingerprint density at radius 1 is 1.20 bits per heavy atom. The normalized spacial score (nSPS) is 10.2. The van der Waals surface area contributed by atoms with Gasteiger partial charge in [-0.05, 0) is 29.8 Å². The molecular formula is C17H21N3O5. The van der Waals surface area contributed by atoms with Crippen molar-refractivity contribution in [2.75, 3.05) is 32.2 Å². The molecule has 25 heavy (non-hydrogen) atoms. The summed E-state index contributed by atoms with van der Waals surface area (Å²) in [5.41, 5.74) is 2.03. The number of carbonyl (C=O) groups excluding carboxylic acids is 2. The molecule has 8 heteroatoms. The number of hydrogen-bond donors (Lipinski definition) is 1. The minimum Gasteiger partial charge on any atom is -0.463 e. The number of anilines is 1. The molecule has 0 saturated heterocycles. The number of esters is 1. The summed E-state index contributed by atoms with van der Waals surface area (Å²) >= 11 is 0. The third kappa shape index (κ3) is 6.17. The Labute approximate surface area is 145 Å². The van der Waals surface area contributed by atoms with E-state index in [1.807, 2.05) is 43.3 Å². The maximum Gasteiger partial charge on any atom is 0.344 e. The maximum absolute atomic E-state index is 11.7. The molecule has 2 aromatic rings. The lowest BCUT2D eigenvalue weighted by Crippen LogP contribution is -2.29. The number of benzene rings is 1. The van der Waals surface area contributed by atoms with Crippen LogP contribution in [0.4, 0.5) is 5.69 Å². The highest BCUT2D eigenvalue weighted by Crippen LogP contribution is 2.12. The van der Waals surface area contributed by atoms with Crippen molar-refractivity contribution in [1.29, 1.82) is 0 Å². The van der Waals surface area contributed by atoms with Gasteiger partial charge in [0.15, 0.2) is 13.2 Å². The van der Waals surface area contributed by atoms with Crippen LogP contribution in [0.1, 0.15) is 11.3 Å². The van der Waals surface area contributed by atoms with Crippen molar-refractivity contribution < 1.29 is 23.6 Å². The van der Waals surface area contributed by atoms with E-state index in [2.05, 4.69) is 10.5 Å². The quantitative estimate of drug-likeness (QED) is 0.719. The zero-order chi connectivity index (χ0) is 18.2. The molecule has 0 aliphatic carbocycles. The van der Waals surface area contributed by atoms with Crippen LogP contribution in [-0.2, 0) is 20.9 Å². The number of aromatic nitrogens is 1. The standard InChI is InChI=1S/C17H21N3O5/c1-12-8-16(19-25-12)23-11-17(22)24-10-15(21)18-9-13-4-6-14(7-5-13)20(2)3/h4-8H,9-11H2,1-3H3,(H,18,21). The predicted molar refractivity (Wildman–Crippen MR) is 90.3 cm³/mol. The topological polar surface area (TPSA) is 93.9 Å². The van der Waals surface area contributed by atoms with Crippen molar-refractivity contribution in [3.8, 4) is 5.88 Å². The highest BCUT2D eigenvalue weighted by molar-refractivity contribution is 5.80. The summed E-state index contributed by atoms with van der Waals surface area (Å²) in [4.78, 5) is 25.2. The van der Waals surface area contributed by atoms with Crippen LogP contribution in [0.15, 0.2) is 34.9 Å². The van der Waals surface area contributed by atoms with Crippen molar-refractivity contribution in [3.05, 3.63) is 41.7 Å². The van der Waals surface area contributed by atoms with Gasteiger partial charge in [0.1, 0.15) is 5.76 Å². The number of nitrogens with zero attached hydrogens (tertiary/aromatic N) is 2. The fourth-order valence-corrected chi connectivity index (χ4v) is 1.90. The van der Waals surface area contributed by atoms with Crippen LogP contribution in [0.2, 0.25) is 0 Å². The third-order valence-electron chi connectivity index (χ3n) is 3.25. The van der Waals surface area contributed by atoms with Gasteiger partial charge >= 0.3 is 5.97 Å². The van der Waals surface area contributed by atoms with Crippen LogP contribution in [0.25, 0.3) is 0 Å². The fraction of sp³-hybridized carbons (Fsp3) is 0.353. The molecule has 1 amide bonds. The Morgan fingerprint density at radius 2 is 1.92 bits per heavy atom. The highest BCUT2D eigenvalue weighted by Gasteiger charge is 2.10. The first kappa shape index (κ1) is 18.3. The van der Waals surface area contributed by atoms with Gasteiger partial charge < -0.3 is 24.2 Å². The van der Waals surface area contributed by atoms with Crippen LogP contribution in [0.5, 0.6) is 5.88 Å². The smallest absolute Gasteiger partial charge is 0.344 e. The lowest BCUT2D eigenvalue weighted by atomic mass is 10.2. The molecular weight excluding hydrogens is 326 g/mol. The van der Waals surface area contributed by atoms with Crippen LogP contribution in [-0.4, -0.2) is 44.3 Å². The van der Waals surface area contributed by atoms with E-state index in [1.54, 1.807) is 13.0 Å². The zero-order valence-electron chi connectivity index (χ0n) is 14.4. The second-order valence-electron chi connectivity index (χ2n) is 5.56. The lowest BCUT2D eigenvalue weighted by molar-refractivity contribution is -0.150. The monoisotopic (exact) mass is 347 g/mol. The molecule has 0 aliphatic heterocycles. The van der Waals surface area contributed by atoms with Gasteiger partial charge in [-0.1, -0.05) is 12.1 Å². The molecule has 8 nitrogen and oxygen atoms in total. The molecule has 1 aromatic carbocycles. The molecule has 0 aliphatic rings. The third-order valence-corrected chi connectivity index (χ3v) is 3.25. The Balaban J connectivity index is 1.65. The average Bonchev–Trinajstić information content (AvgIpc) is 3.02. The number of aryl methyl sites for hydroxylation is 1. The van der Waals surface area contributed by atoms with Crippen molar-refractivity contribution in [2.24, 2.45) is 0 Å². The lowest BCUT2D eigenvalue weighted by Gasteiger charge is -2.13. The zero-order valence-corrected chi connectivity index (χ0v) is 14.4. The fourth-order valence-electron chi connectivity index (χ4n) is 1.90. The first-order chi connectivity index (χ1) is 11.9. The van der Waals surface area contributed by atoms with Crippen molar-refractivity contribution in [1.82, 2.24) is 10.5 Å². The SMILES string of the molecule is Cc1cc(OCC(=O)OCC(=O)NCc2ccc(N(C)C)cc2)no1. The van der Waals surface area contributed by atoms with Gasteiger partial charge in [0.05, 0.1) is 0 Å². The predicted octanol–water partition coefficient (Wildman–Crippen LogP) is 1.29. The molecule has 0 atom stereocenters. The van der Waals surface area contributed by atoms with E-state index >= 15 is 0 Å². The van der Waals surface area contributed by atoms with Crippen LogP contribution in [0.3, 0.4) is 0 Å². The Hall–Kier alpha value is -3.03. The van der Waals surface area contributed by atoms with Gasteiger partial charge in [0, 0.05) is 32.4 Å². The molecule has 1 aromatic heterocycles. The maximum atomic E-state index is 11.7. The summed E-state index contributed by atoms with van der Waals surface area (Å²) in [6.07, 6.45) is 0. The minimum absolute atomic E-state index is 0.195. The molecule has 1 N–H and O–H groups in total. The Kier molecular flexibility index (Phi) is 6.39. The van der Waals surface area contributed by atoms with Crippen molar-refractivity contribution >= 4 is 17.6 Å². The van der Waals surface area contributed by atoms with Crippen LogP contribution in [0, 0.1) is 6.92 Å².